The van der Waals surface area contributed by atoms with Gasteiger partial charge in [0.2, 0.25) is 5.91 Å². The molecule has 0 heterocycles. The lowest BCUT2D eigenvalue weighted by molar-refractivity contribution is -0.120. The van der Waals surface area contributed by atoms with Crippen molar-refractivity contribution in [3.63, 3.8) is 0 Å². The molecule has 1 rings (SSSR count). The second kappa shape index (κ2) is 6.69. The van der Waals surface area contributed by atoms with E-state index in [9.17, 15) is 4.79 Å². The van der Waals surface area contributed by atoms with Crippen LogP contribution in [-0.2, 0) is 11.2 Å². The Balaban J connectivity index is 2.34. The number of halogens is 1. The van der Waals surface area contributed by atoms with Crippen LogP contribution in [0.3, 0.4) is 0 Å². The van der Waals surface area contributed by atoms with Crippen molar-refractivity contribution in [2.45, 2.75) is 26.7 Å². The van der Waals surface area contributed by atoms with E-state index in [-0.39, 0.29) is 5.91 Å². The summed E-state index contributed by atoms with van der Waals surface area (Å²) in [5.74, 6) is 0.727. The van der Waals surface area contributed by atoms with E-state index >= 15 is 0 Å². The number of benzene rings is 1. The zero-order valence-corrected chi connectivity index (χ0v) is 11.4. The summed E-state index contributed by atoms with van der Waals surface area (Å²) in [6.07, 6.45) is 1.49. The van der Waals surface area contributed by atoms with Crippen molar-refractivity contribution >= 4 is 21.8 Å². The van der Waals surface area contributed by atoms with Gasteiger partial charge in [0.1, 0.15) is 0 Å². The van der Waals surface area contributed by atoms with Crippen LogP contribution in [0.4, 0.5) is 0 Å². The molecule has 2 nitrogen and oxygen atoms in total. The maximum Gasteiger partial charge on any atom is 0.224 e. The van der Waals surface area contributed by atoms with E-state index in [1.54, 1.807) is 0 Å². The highest BCUT2D eigenvalue weighted by Gasteiger charge is 2.03. The van der Waals surface area contributed by atoms with Gasteiger partial charge < -0.3 is 5.32 Å². The van der Waals surface area contributed by atoms with Gasteiger partial charge in [-0.1, -0.05) is 41.9 Å². The van der Waals surface area contributed by atoms with E-state index in [2.05, 4.69) is 35.1 Å². The zero-order chi connectivity index (χ0) is 12.0. The predicted octanol–water partition coefficient (Wildman–Crippen LogP) is 3.15. The maximum absolute atomic E-state index is 11.6. The van der Waals surface area contributed by atoms with Crippen LogP contribution in [0.25, 0.3) is 0 Å². The van der Waals surface area contributed by atoms with Gasteiger partial charge in [-0.15, -0.1) is 0 Å². The van der Waals surface area contributed by atoms with Crippen LogP contribution in [0.2, 0.25) is 0 Å². The van der Waals surface area contributed by atoms with Gasteiger partial charge in [0.15, 0.2) is 0 Å². The van der Waals surface area contributed by atoms with Crippen LogP contribution in [0.1, 0.15) is 25.8 Å². The first-order valence-corrected chi connectivity index (χ1v) is 6.38. The van der Waals surface area contributed by atoms with Gasteiger partial charge in [-0.05, 0) is 30.0 Å². The molecule has 1 aromatic carbocycles. The van der Waals surface area contributed by atoms with Crippen LogP contribution >= 0.6 is 15.9 Å². The van der Waals surface area contributed by atoms with Gasteiger partial charge in [0.25, 0.3) is 0 Å². The molecule has 0 bridgehead atoms. The number of hydrogen-bond donors (Lipinski definition) is 1. The molecule has 0 aromatic heterocycles. The van der Waals surface area contributed by atoms with E-state index < -0.39 is 0 Å². The lowest BCUT2D eigenvalue weighted by Crippen LogP contribution is -2.26. The molecule has 3 heteroatoms. The minimum absolute atomic E-state index is 0.0961. The van der Waals surface area contributed by atoms with Crippen molar-refractivity contribution < 1.29 is 4.79 Å². The number of rotatable bonds is 5. The van der Waals surface area contributed by atoms with Gasteiger partial charge in [-0.25, -0.2) is 0 Å². The number of amides is 1. The molecule has 1 amide bonds. The van der Waals surface area contributed by atoms with Crippen LogP contribution in [0.15, 0.2) is 28.7 Å². The van der Waals surface area contributed by atoms with Crippen molar-refractivity contribution in [2.24, 2.45) is 5.92 Å². The highest BCUT2D eigenvalue weighted by atomic mass is 79.9. The fourth-order valence-corrected chi connectivity index (χ4v) is 1.84. The van der Waals surface area contributed by atoms with Gasteiger partial charge in [0, 0.05) is 11.0 Å². The predicted molar refractivity (Wildman–Crippen MR) is 70.3 cm³/mol. The SMILES string of the molecule is CC(C)CCNC(=O)Cc1cccc(Br)c1. The molecule has 1 N–H and O–H groups in total. The number of carbonyl (C=O) groups excluding carboxylic acids is 1. The van der Waals surface area contributed by atoms with Gasteiger partial charge >= 0.3 is 0 Å². The minimum atomic E-state index is 0.0961. The quantitative estimate of drug-likeness (QED) is 0.884. The Labute approximate surface area is 106 Å². The summed E-state index contributed by atoms with van der Waals surface area (Å²) in [4.78, 5) is 11.6. The molecule has 1 aromatic rings. The molecule has 0 fully saturated rings. The van der Waals surface area contributed by atoms with Gasteiger partial charge in [-0.2, -0.15) is 0 Å². The Hall–Kier alpha value is -0.830. The third-order valence-corrected chi connectivity index (χ3v) is 2.79. The summed E-state index contributed by atoms with van der Waals surface area (Å²) in [7, 11) is 0. The molecule has 0 saturated heterocycles. The topological polar surface area (TPSA) is 29.1 Å². The van der Waals surface area contributed by atoms with Crippen LogP contribution < -0.4 is 5.32 Å². The largest absolute Gasteiger partial charge is 0.356 e. The lowest BCUT2D eigenvalue weighted by Gasteiger charge is -2.07. The molecule has 0 unspecified atom stereocenters. The molecular weight excluding hydrogens is 266 g/mol. The second-order valence-corrected chi connectivity index (χ2v) is 5.25. The van der Waals surface area contributed by atoms with E-state index in [4.69, 9.17) is 0 Å². The van der Waals surface area contributed by atoms with Gasteiger partial charge in [0.05, 0.1) is 6.42 Å². The Morgan fingerprint density at radius 1 is 1.44 bits per heavy atom. The van der Waals surface area contributed by atoms with E-state index in [1.165, 1.54) is 0 Å². The van der Waals surface area contributed by atoms with E-state index in [0.717, 1.165) is 23.0 Å². The van der Waals surface area contributed by atoms with E-state index in [0.29, 0.717) is 12.3 Å². The third-order valence-electron chi connectivity index (χ3n) is 2.30. The maximum atomic E-state index is 11.6. The summed E-state index contributed by atoms with van der Waals surface area (Å²) in [6, 6.07) is 7.84. The highest BCUT2D eigenvalue weighted by molar-refractivity contribution is 9.10. The molecule has 0 aliphatic carbocycles. The lowest BCUT2D eigenvalue weighted by atomic mass is 10.1. The first-order valence-electron chi connectivity index (χ1n) is 5.59. The second-order valence-electron chi connectivity index (χ2n) is 4.34. The van der Waals surface area contributed by atoms with E-state index in [1.807, 2.05) is 24.3 Å². The summed E-state index contributed by atoms with van der Waals surface area (Å²) in [5.41, 5.74) is 1.04. The average Bonchev–Trinajstić information content (AvgIpc) is 2.16. The Morgan fingerprint density at radius 2 is 2.19 bits per heavy atom. The first kappa shape index (κ1) is 13.2. The number of nitrogens with one attached hydrogen (secondary N) is 1. The molecule has 0 aliphatic rings. The normalized spacial score (nSPS) is 10.5. The third kappa shape index (κ3) is 5.31. The molecule has 0 saturated carbocycles. The molecule has 0 aliphatic heterocycles. The van der Waals surface area contributed by atoms with Gasteiger partial charge in [-0.3, -0.25) is 4.79 Å². The fraction of sp³-hybridized carbons (Fsp3) is 0.462. The average molecular weight is 284 g/mol. The van der Waals surface area contributed by atoms with Crippen molar-refractivity contribution in [1.82, 2.24) is 5.32 Å². The van der Waals surface area contributed by atoms with Crippen molar-refractivity contribution in [3.05, 3.63) is 34.3 Å². The molecule has 0 atom stereocenters. The standard InChI is InChI=1S/C13H18BrNO/c1-10(2)6-7-15-13(16)9-11-4-3-5-12(14)8-11/h3-5,8,10H,6-7,9H2,1-2H3,(H,15,16). The van der Waals surface area contributed by atoms with Crippen LogP contribution in [0.5, 0.6) is 0 Å². The van der Waals surface area contributed by atoms with Crippen LogP contribution in [-0.4, -0.2) is 12.5 Å². The monoisotopic (exact) mass is 283 g/mol. The Bertz CT molecular complexity index is 350. The number of hydrogen-bond acceptors (Lipinski definition) is 1. The minimum Gasteiger partial charge on any atom is -0.356 e. The van der Waals surface area contributed by atoms with Crippen molar-refractivity contribution in [3.8, 4) is 0 Å². The molecule has 0 radical (unpaired) electrons. The Morgan fingerprint density at radius 3 is 2.81 bits per heavy atom. The smallest absolute Gasteiger partial charge is 0.224 e. The first-order chi connectivity index (χ1) is 7.58. The summed E-state index contributed by atoms with van der Waals surface area (Å²) in [6.45, 7) is 5.07. The summed E-state index contributed by atoms with van der Waals surface area (Å²) < 4.78 is 1.01. The summed E-state index contributed by atoms with van der Waals surface area (Å²) >= 11 is 3.39. The molecular formula is C13H18BrNO. The van der Waals surface area contributed by atoms with Crippen LogP contribution in [0, 0.1) is 5.92 Å². The zero-order valence-electron chi connectivity index (χ0n) is 9.79. The fourth-order valence-electron chi connectivity index (χ4n) is 1.40. The van der Waals surface area contributed by atoms with Crippen molar-refractivity contribution in [2.75, 3.05) is 6.54 Å². The van der Waals surface area contributed by atoms with Crippen molar-refractivity contribution in [1.29, 1.82) is 0 Å². The highest BCUT2D eigenvalue weighted by Crippen LogP contribution is 2.11. The molecule has 0 spiro atoms. The summed E-state index contributed by atoms with van der Waals surface area (Å²) in [5, 5.41) is 2.93. The molecule has 88 valence electrons. The Kier molecular flexibility index (Phi) is 5.53. The number of carbonyl (C=O) groups is 1. The molecule has 16 heavy (non-hydrogen) atoms.